The Morgan fingerprint density at radius 3 is 2.81 bits per heavy atom. The average molecular weight is 354 g/mol. The van der Waals surface area contributed by atoms with E-state index in [-0.39, 0.29) is 0 Å². The zero-order valence-corrected chi connectivity index (χ0v) is 16.0. The van der Waals surface area contributed by atoms with Crippen LogP contribution in [0.3, 0.4) is 0 Å². The quantitative estimate of drug-likeness (QED) is 0.893. The SMILES string of the molecule is Cc1cc(N2CCCN(Cc3cnc(CC4CCCC4)[nH]3)CC2)ccn1. The maximum Gasteiger partial charge on any atom is 0.106 e. The van der Waals surface area contributed by atoms with E-state index in [1.165, 1.54) is 49.3 Å². The van der Waals surface area contributed by atoms with Gasteiger partial charge in [-0.1, -0.05) is 25.7 Å². The van der Waals surface area contributed by atoms with Gasteiger partial charge in [-0.05, 0) is 31.4 Å². The van der Waals surface area contributed by atoms with E-state index in [1.54, 1.807) is 0 Å². The second kappa shape index (κ2) is 8.21. The standard InChI is InChI=1S/C21H31N5/c1-17-13-20(7-8-22-17)26-10-4-9-25(11-12-26)16-19-15-23-21(24-19)14-18-5-2-3-6-18/h7-8,13,15,18H,2-6,9-12,14,16H2,1H3,(H,23,24). The van der Waals surface area contributed by atoms with E-state index >= 15 is 0 Å². The lowest BCUT2D eigenvalue weighted by atomic mass is 10.0. The van der Waals surface area contributed by atoms with Crippen LogP contribution in [0.2, 0.25) is 0 Å². The lowest BCUT2D eigenvalue weighted by molar-refractivity contribution is 0.282. The number of aromatic amines is 1. The number of hydrogen-bond donors (Lipinski definition) is 1. The number of aromatic nitrogens is 3. The van der Waals surface area contributed by atoms with Gasteiger partial charge in [0, 0.05) is 68.6 Å². The van der Waals surface area contributed by atoms with Crippen molar-refractivity contribution in [2.45, 2.75) is 52.0 Å². The summed E-state index contributed by atoms with van der Waals surface area (Å²) in [6, 6.07) is 4.33. The number of hydrogen-bond acceptors (Lipinski definition) is 4. The number of imidazole rings is 1. The maximum absolute atomic E-state index is 4.64. The highest BCUT2D eigenvalue weighted by Gasteiger charge is 2.19. The minimum absolute atomic E-state index is 0.851. The number of nitrogens with zero attached hydrogens (tertiary/aromatic N) is 4. The van der Waals surface area contributed by atoms with Crippen LogP contribution in [0.25, 0.3) is 0 Å². The van der Waals surface area contributed by atoms with E-state index in [9.17, 15) is 0 Å². The van der Waals surface area contributed by atoms with Crippen molar-refractivity contribution in [3.8, 4) is 0 Å². The number of pyridine rings is 1. The summed E-state index contributed by atoms with van der Waals surface area (Å²) >= 11 is 0. The Balaban J connectivity index is 1.31. The van der Waals surface area contributed by atoms with Crippen LogP contribution in [-0.4, -0.2) is 46.0 Å². The molecule has 140 valence electrons. The smallest absolute Gasteiger partial charge is 0.106 e. The number of nitrogens with one attached hydrogen (secondary N) is 1. The summed E-state index contributed by atoms with van der Waals surface area (Å²) < 4.78 is 0. The van der Waals surface area contributed by atoms with Gasteiger partial charge in [0.25, 0.3) is 0 Å². The largest absolute Gasteiger partial charge is 0.370 e. The van der Waals surface area contributed by atoms with E-state index in [0.717, 1.165) is 50.8 Å². The lowest BCUT2D eigenvalue weighted by Gasteiger charge is -2.23. The summed E-state index contributed by atoms with van der Waals surface area (Å²) in [5.74, 6) is 2.04. The third-order valence-corrected chi connectivity index (χ3v) is 5.87. The second-order valence-electron chi connectivity index (χ2n) is 7.98. The summed E-state index contributed by atoms with van der Waals surface area (Å²) in [7, 11) is 0. The van der Waals surface area contributed by atoms with Gasteiger partial charge in [0.1, 0.15) is 5.82 Å². The first-order valence-electron chi connectivity index (χ1n) is 10.2. The molecule has 5 heteroatoms. The van der Waals surface area contributed by atoms with E-state index in [1.807, 2.05) is 6.20 Å². The zero-order chi connectivity index (χ0) is 17.8. The fourth-order valence-corrected chi connectivity index (χ4v) is 4.43. The van der Waals surface area contributed by atoms with Crippen molar-refractivity contribution in [3.63, 3.8) is 0 Å². The molecule has 1 saturated carbocycles. The van der Waals surface area contributed by atoms with Crippen molar-refractivity contribution in [2.24, 2.45) is 5.92 Å². The Kier molecular flexibility index (Phi) is 5.54. The van der Waals surface area contributed by atoms with Gasteiger partial charge in [-0.25, -0.2) is 4.98 Å². The third-order valence-electron chi connectivity index (χ3n) is 5.87. The van der Waals surface area contributed by atoms with Gasteiger partial charge in [0.15, 0.2) is 0 Å². The Morgan fingerprint density at radius 2 is 1.96 bits per heavy atom. The molecule has 26 heavy (non-hydrogen) atoms. The molecular formula is C21H31N5. The van der Waals surface area contributed by atoms with E-state index in [4.69, 9.17) is 0 Å². The maximum atomic E-state index is 4.64. The molecule has 2 fully saturated rings. The van der Waals surface area contributed by atoms with Crippen LogP contribution in [0.1, 0.15) is 49.3 Å². The molecule has 1 aliphatic heterocycles. The van der Waals surface area contributed by atoms with Crippen molar-refractivity contribution in [3.05, 3.63) is 41.7 Å². The summed E-state index contributed by atoms with van der Waals surface area (Å²) in [6.07, 6.45) is 11.9. The molecule has 2 aromatic rings. The summed E-state index contributed by atoms with van der Waals surface area (Å²) in [6.45, 7) is 7.49. The van der Waals surface area contributed by atoms with Crippen LogP contribution in [-0.2, 0) is 13.0 Å². The van der Waals surface area contributed by atoms with E-state index in [2.05, 4.69) is 50.0 Å². The average Bonchev–Trinajstić information content (AvgIpc) is 3.24. The molecule has 1 aliphatic carbocycles. The van der Waals surface area contributed by atoms with Gasteiger partial charge in [0.2, 0.25) is 0 Å². The molecule has 0 amide bonds. The first-order valence-corrected chi connectivity index (χ1v) is 10.2. The minimum atomic E-state index is 0.851. The minimum Gasteiger partial charge on any atom is -0.370 e. The van der Waals surface area contributed by atoms with Gasteiger partial charge in [-0.15, -0.1) is 0 Å². The molecule has 0 bridgehead atoms. The molecule has 0 atom stereocenters. The molecule has 0 aromatic carbocycles. The first kappa shape index (κ1) is 17.5. The fourth-order valence-electron chi connectivity index (χ4n) is 4.43. The highest BCUT2D eigenvalue weighted by molar-refractivity contribution is 5.46. The third kappa shape index (κ3) is 4.44. The monoisotopic (exact) mass is 353 g/mol. The van der Waals surface area contributed by atoms with Crippen molar-refractivity contribution < 1.29 is 0 Å². The second-order valence-corrected chi connectivity index (χ2v) is 7.98. The number of rotatable bonds is 5. The molecule has 0 radical (unpaired) electrons. The Bertz CT molecular complexity index is 704. The van der Waals surface area contributed by atoms with Crippen LogP contribution >= 0.6 is 0 Å². The molecule has 1 N–H and O–H groups in total. The number of anilines is 1. The summed E-state index contributed by atoms with van der Waals surface area (Å²) in [5.41, 5.74) is 3.67. The van der Waals surface area contributed by atoms with Crippen molar-refractivity contribution >= 4 is 5.69 Å². The molecule has 0 unspecified atom stereocenters. The van der Waals surface area contributed by atoms with Gasteiger partial charge in [-0.3, -0.25) is 9.88 Å². The molecule has 0 spiro atoms. The van der Waals surface area contributed by atoms with Crippen molar-refractivity contribution in [1.82, 2.24) is 19.9 Å². The lowest BCUT2D eigenvalue weighted by Crippen LogP contribution is -2.30. The molecule has 2 aromatic heterocycles. The molecule has 4 rings (SSSR count). The van der Waals surface area contributed by atoms with Crippen LogP contribution < -0.4 is 4.90 Å². The Hall–Kier alpha value is -1.88. The predicted octanol–water partition coefficient (Wildman–Crippen LogP) is 3.56. The number of aryl methyl sites for hydroxylation is 1. The molecule has 2 aliphatic rings. The predicted molar refractivity (Wildman–Crippen MR) is 105 cm³/mol. The van der Waals surface area contributed by atoms with Crippen LogP contribution in [0.15, 0.2) is 24.5 Å². The van der Waals surface area contributed by atoms with Crippen LogP contribution in [0.4, 0.5) is 5.69 Å². The van der Waals surface area contributed by atoms with Crippen LogP contribution in [0.5, 0.6) is 0 Å². The first-order chi connectivity index (χ1) is 12.8. The molecule has 1 saturated heterocycles. The Morgan fingerprint density at radius 1 is 1.08 bits per heavy atom. The summed E-state index contributed by atoms with van der Waals surface area (Å²) in [5, 5.41) is 0. The topological polar surface area (TPSA) is 48.0 Å². The zero-order valence-electron chi connectivity index (χ0n) is 16.0. The normalized spacial score (nSPS) is 19.8. The fraction of sp³-hybridized carbons (Fsp3) is 0.619. The summed E-state index contributed by atoms with van der Waals surface area (Å²) in [4.78, 5) is 17.6. The van der Waals surface area contributed by atoms with E-state index < -0.39 is 0 Å². The molecule has 3 heterocycles. The van der Waals surface area contributed by atoms with Crippen LogP contribution in [0, 0.1) is 12.8 Å². The van der Waals surface area contributed by atoms with Gasteiger partial charge < -0.3 is 9.88 Å². The molecular weight excluding hydrogens is 322 g/mol. The van der Waals surface area contributed by atoms with E-state index in [0.29, 0.717) is 0 Å². The highest BCUT2D eigenvalue weighted by Crippen LogP contribution is 2.27. The van der Waals surface area contributed by atoms with Gasteiger partial charge >= 0.3 is 0 Å². The number of H-pyrrole nitrogens is 1. The molecule has 5 nitrogen and oxygen atoms in total. The van der Waals surface area contributed by atoms with Gasteiger partial charge in [0.05, 0.1) is 0 Å². The van der Waals surface area contributed by atoms with Crippen molar-refractivity contribution in [1.29, 1.82) is 0 Å². The Labute approximate surface area is 156 Å². The highest BCUT2D eigenvalue weighted by atomic mass is 15.2. The van der Waals surface area contributed by atoms with Gasteiger partial charge in [-0.2, -0.15) is 0 Å². The van der Waals surface area contributed by atoms with Crippen molar-refractivity contribution in [2.75, 3.05) is 31.1 Å².